The van der Waals surface area contributed by atoms with Crippen LogP contribution < -0.4 is 4.90 Å². The van der Waals surface area contributed by atoms with E-state index in [4.69, 9.17) is 0 Å². The predicted octanol–water partition coefficient (Wildman–Crippen LogP) is 2.61. The van der Waals surface area contributed by atoms with Gasteiger partial charge in [-0.25, -0.2) is 0 Å². The number of rotatable bonds is 4. The molecule has 7 heteroatoms. The molecule has 1 aromatic carbocycles. The van der Waals surface area contributed by atoms with Crippen molar-refractivity contribution >= 4 is 15.9 Å². The summed E-state index contributed by atoms with van der Waals surface area (Å²) in [5.41, 5.74) is 4.44. The summed E-state index contributed by atoms with van der Waals surface area (Å²) < 4.78 is 29.2. The Hall–Kier alpha value is -1.96. The molecule has 2 aliphatic rings. The quantitative estimate of drug-likeness (QED) is 0.792. The van der Waals surface area contributed by atoms with Crippen LogP contribution in [-0.2, 0) is 10.2 Å². The summed E-state index contributed by atoms with van der Waals surface area (Å²) in [5.74, 6) is 0.581. The standard InChI is InChI=1S/C21H28N4O2S/c1-15-7-5-6-8-19(15)21-20-14-24(18-9-10-22-16(2)11-18)12-17(20)13-25(21)28(26,27)23(3)4/h5-11,17,20-21H,12-14H2,1-4H3/t17-,20-,21+/m0/s1. The molecule has 4 rings (SSSR count). The monoisotopic (exact) mass is 400 g/mol. The molecule has 1 aromatic heterocycles. The predicted molar refractivity (Wildman–Crippen MR) is 111 cm³/mol. The Morgan fingerprint density at radius 2 is 1.82 bits per heavy atom. The first-order chi connectivity index (χ1) is 13.3. The van der Waals surface area contributed by atoms with Crippen molar-refractivity contribution in [3.05, 3.63) is 59.4 Å². The van der Waals surface area contributed by atoms with Crippen LogP contribution in [0, 0.1) is 25.7 Å². The van der Waals surface area contributed by atoms with Crippen LogP contribution in [-0.4, -0.2) is 55.7 Å². The number of benzene rings is 1. The molecule has 0 N–H and O–H groups in total. The molecule has 0 amide bonds. The van der Waals surface area contributed by atoms with Crippen molar-refractivity contribution in [2.45, 2.75) is 19.9 Å². The maximum absolute atomic E-state index is 13.1. The molecule has 0 radical (unpaired) electrons. The maximum Gasteiger partial charge on any atom is 0.282 e. The molecule has 3 heterocycles. The third-order valence-corrected chi connectivity index (χ3v) is 8.02. The number of aromatic nitrogens is 1. The van der Waals surface area contributed by atoms with Crippen LogP contribution in [0.25, 0.3) is 0 Å². The lowest BCUT2D eigenvalue weighted by Gasteiger charge is -2.32. The first kappa shape index (κ1) is 19.4. The van der Waals surface area contributed by atoms with Crippen molar-refractivity contribution in [3.8, 4) is 0 Å². The van der Waals surface area contributed by atoms with E-state index < -0.39 is 10.2 Å². The van der Waals surface area contributed by atoms with Gasteiger partial charge in [-0.1, -0.05) is 24.3 Å². The molecule has 0 unspecified atom stereocenters. The zero-order valence-electron chi connectivity index (χ0n) is 16.9. The first-order valence-electron chi connectivity index (χ1n) is 9.71. The SMILES string of the molecule is Cc1cc(N2C[C@H]3CN(S(=O)(=O)N(C)C)[C@H](c4ccccc4C)[C@H]3C2)ccn1. The minimum absolute atomic E-state index is 0.133. The maximum atomic E-state index is 13.1. The van der Waals surface area contributed by atoms with E-state index in [1.807, 2.05) is 31.3 Å². The average molecular weight is 401 g/mol. The second-order valence-corrected chi connectivity index (χ2v) is 10.2. The van der Waals surface area contributed by atoms with Crippen molar-refractivity contribution < 1.29 is 8.42 Å². The molecular formula is C21H28N4O2S. The fourth-order valence-corrected chi connectivity index (χ4v) is 6.05. The molecular weight excluding hydrogens is 372 g/mol. The first-order valence-corrected chi connectivity index (χ1v) is 11.1. The molecule has 3 atom stereocenters. The summed E-state index contributed by atoms with van der Waals surface area (Å²) in [4.78, 5) is 6.69. The Bertz CT molecular complexity index is 976. The van der Waals surface area contributed by atoms with Gasteiger partial charge >= 0.3 is 0 Å². The summed E-state index contributed by atoms with van der Waals surface area (Å²) in [7, 11) is -0.252. The number of hydrogen-bond donors (Lipinski definition) is 0. The molecule has 6 nitrogen and oxygen atoms in total. The highest BCUT2D eigenvalue weighted by Gasteiger charge is 2.52. The van der Waals surface area contributed by atoms with Gasteiger partial charge in [0, 0.05) is 57.2 Å². The minimum atomic E-state index is -3.48. The fourth-order valence-electron chi connectivity index (χ4n) is 4.70. The normalized spacial score (nSPS) is 25.5. The third-order valence-electron chi connectivity index (χ3n) is 6.13. The summed E-state index contributed by atoms with van der Waals surface area (Å²) in [5, 5.41) is 0. The van der Waals surface area contributed by atoms with Crippen molar-refractivity contribution in [3.63, 3.8) is 0 Å². The molecule has 2 aromatic rings. The van der Waals surface area contributed by atoms with Gasteiger partial charge in [-0.2, -0.15) is 17.0 Å². The van der Waals surface area contributed by atoms with Crippen molar-refractivity contribution in [1.29, 1.82) is 0 Å². The van der Waals surface area contributed by atoms with Crippen LogP contribution in [0.15, 0.2) is 42.6 Å². The molecule has 0 aliphatic carbocycles. The van der Waals surface area contributed by atoms with Crippen molar-refractivity contribution in [1.82, 2.24) is 13.6 Å². The zero-order valence-corrected chi connectivity index (χ0v) is 17.7. The van der Waals surface area contributed by atoms with E-state index >= 15 is 0 Å². The molecule has 28 heavy (non-hydrogen) atoms. The number of anilines is 1. The average Bonchev–Trinajstić information content (AvgIpc) is 3.20. The topological polar surface area (TPSA) is 56.8 Å². The van der Waals surface area contributed by atoms with Crippen LogP contribution >= 0.6 is 0 Å². The fraction of sp³-hybridized carbons (Fsp3) is 0.476. The van der Waals surface area contributed by atoms with E-state index in [0.29, 0.717) is 12.5 Å². The minimum Gasteiger partial charge on any atom is -0.371 e. The number of nitrogens with zero attached hydrogens (tertiary/aromatic N) is 4. The second kappa shape index (κ2) is 7.13. The van der Waals surface area contributed by atoms with Gasteiger partial charge < -0.3 is 4.90 Å². The molecule has 0 spiro atoms. The van der Waals surface area contributed by atoms with E-state index in [9.17, 15) is 8.42 Å². The van der Waals surface area contributed by atoms with Crippen LogP contribution in [0.4, 0.5) is 5.69 Å². The second-order valence-electron chi connectivity index (χ2n) is 8.15. The van der Waals surface area contributed by atoms with E-state index in [-0.39, 0.29) is 12.0 Å². The molecule has 0 saturated carbocycles. The highest BCUT2D eigenvalue weighted by Crippen LogP contribution is 2.48. The van der Waals surface area contributed by atoms with Gasteiger partial charge in [0.2, 0.25) is 0 Å². The third kappa shape index (κ3) is 3.21. The van der Waals surface area contributed by atoms with Gasteiger partial charge in [0.25, 0.3) is 10.2 Å². The van der Waals surface area contributed by atoms with E-state index in [1.165, 1.54) is 9.99 Å². The molecule has 2 saturated heterocycles. The van der Waals surface area contributed by atoms with Crippen LogP contribution in [0.2, 0.25) is 0 Å². The summed E-state index contributed by atoms with van der Waals surface area (Å²) in [6.45, 7) is 6.36. The molecule has 2 fully saturated rings. The number of pyridine rings is 1. The van der Waals surface area contributed by atoms with E-state index in [2.05, 4.69) is 35.0 Å². The van der Waals surface area contributed by atoms with E-state index in [0.717, 1.165) is 29.9 Å². The van der Waals surface area contributed by atoms with Gasteiger partial charge in [0.1, 0.15) is 0 Å². The molecule has 2 aliphatic heterocycles. The van der Waals surface area contributed by atoms with Gasteiger partial charge in [0.05, 0.1) is 6.04 Å². The number of aryl methyl sites for hydroxylation is 2. The largest absolute Gasteiger partial charge is 0.371 e. The van der Waals surface area contributed by atoms with Crippen molar-refractivity contribution in [2.75, 3.05) is 38.6 Å². The highest BCUT2D eigenvalue weighted by molar-refractivity contribution is 7.86. The number of fused-ring (bicyclic) bond motifs is 1. The Kier molecular flexibility index (Phi) is 4.93. The Labute approximate surface area is 168 Å². The summed E-state index contributed by atoms with van der Waals surface area (Å²) in [6, 6.07) is 12.2. The van der Waals surface area contributed by atoms with Crippen molar-refractivity contribution in [2.24, 2.45) is 11.8 Å². The van der Waals surface area contributed by atoms with Gasteiger partial charge in [0.15, 0.2) is 0 Å². The van der Waals surface area contributed by atoms with Gasteiger partial charge in [-0.05, 0) is 43.0 Å². The van der Waals surface area contributed by atoms with Gasteiger partial charge in [-0.3, -0.25) is 4.98 Å². The lowest BCUT2D eigenvalue weighted by molar-refractivity contribution is 0.327. The number of hydrogen-bond acceptors (Lipinski definition) is 4. The van der Waals surface area contributed by atoms with Gasteiger partial charge in [-0.15, -0.1) is 0 Å². The van der Waals surface area contributed by atoms with Crippen LogP contribution in [0.1, 0.15) is 22.9 Å². The van der Waals surface area contributed by atoms with Crippen LogP contribution in [0.5, 0.6) is 0 Å². The lowest BCUT2D eigenvalue weighted by Crippen LogP contribution is -2.42. The highest BCUT2D eigenvalue weighted by atomic mass is 32.2. The molecule has 150 valence electrons. The Morgan fingerprint density at radius 1 is 1.07 bits per heavy atom. The molecule has 0 bridgehead atoms. The van der Waals surface area contributed by atoms with E-state index in [1.54, 1.807) is 18.4 Å². The zero-order chi connectivity index (χ0) is 20.1. The Morgan fingerprint density at radius 3 is 2.50 bits per heavy atom. The van der Waals surface area contributed by atoms with Crippen LogP contribution in [0.3, 0.4) is 0 Å². The smallest absolute Gasteiger partial charge is 0.282 e. The summed E-state index contributed by atoms with van der Waals surface area (Å²) in [6.07, 6.45) is 1.85. The summed E-state index contributed by atoms with van der Waals surface area (Å²) >= 11 is 0. The Balaban J connectivity index is 1.71. The lowest BCUT2D eigenvalue weighted by atomic mass is 9.88.